The van der Waals surface area contributed by atoms with Crippen LogP contribution in [0.3, 0.4) is 0 Å². The molecular formula is C14H23NO3S2. The van der Waals surface area contributed by atoms with Crippen LogP contribution in [0.1, 0.15) is 27.7 Å². The molecule has 0 saturated carbocycles. The predicted octanol–water partition coefficient (Wildman–Crippen LogP) is 2.90. The lowest BCUT2D eigenvalue weighted by atomic mass is 10.3. The van der Waals surface area contributed by atoms with Crippen LogP contribution >= 0.6 is 11.8 Å². The molecule has 0 aromatic heterocycles. The Bertz CT molecular complexity index is 504. The molecule has 6 heteroatoms. The van der Waals surface area contributed by atoms with Gasteiger partial charge in [0.05, 0.1) is 11.5 Å². The molecule has 20 heavy (non-hydrogen) atoms. The second-order valence-electron chi connectivity index (χ2n) is 5.26. The van der Waals surface area contributed by atoms with Gasteiger partial charge in [-0.1, -0.05) is 20.8 Å². The maximum atomic E-state index is 12.1. The summed E-state index contributed by atoms with van der Waals surface area (Å²) in [5.41, 5.74) is 0. The van der Waals surface area contributed by atoms with E-state index in [9.17, 15) is 8.42 Å². The van der Waals surface area contributed by atoms with Gasteiger partial charge < -0.3 is 4.74 Å². The van der Waals surface area contributed by atoms with Crippen molar-refractivity contribution in [2.45, 2.75) is 37.3 Å². The number of hydrogen-bond donors (Lipinski definition) is 1. The summed E-state index contributed by atoms with van der Waals surface area (Å²) in [5, 5.41) is 0. The summed E-state index contributed by atoms with van der Waals surface area (Å²) in [5.74, 6) is 1.43. The fraction of sp³-hybridized carbons (Fsp3) is 0.571. The zero-order valence-electron chi connectivity index (χ0n) is 12.5. The third kappa shape index (κ3) is 6.15. The van der Waals surface area contributed by atoms with Gasteiger partial charge in [-0.25, -0.2) is 13.1 Å². The maximum absolute atomic E-state index is 12.1. The van der Waals surface area contributed by atoms with Crippen LogP contribution in [0.4, 0.5) is 0 Å². The molecule has 0 unspecified atom stereocenters. The summed E-state index contributed by atoms with van der Waals surface area (Å²) in [6.07, 6.45) is 0. The molecule has 0 atom stereocenters. The summed E-state index contributed by atoms with van der Waals surface area (Å²) in [6, 6.07) is 6.46. The SMILES string of the molecule is CCOc1ccc(S(=O)(=O)NCCSC(C)(C)C)cc1. The molecule has 0 fully saturated rings. The van der Waals surface area contributed by atoms with Crippen LogP contribution in [0.5, 0.6) is 5.75 Å². The minimum atomic E-state index is -3.43. The summed E-state index contributed by atoms with van der Waals surface area (Å²) >= 11 is 1.73. The molecule has 0 aliphatic carbocycles. The Morgan fingerprint density at radius 2 is 1.80 bits per heavy atom. The zero-order valence-corrected chi connectivity index (χ0v) is 14.1. The van der Waals surface area contributed by atoms with Crippen molar-refractivity contribution in [2.24, 2.45) is 0 Å². The first-order chi connectivity index (χ1) is 9.24. The quantitative estimate of drug-likeness (QED) is 0.786. The molecule has 1 rings (SSSR count). The molecule has 1 aromatic rings. The van der Waals surface area contributed by atoms with E-state index in [2.05, 4.69) is 25.5 Å². The van der Waals surface area contributed by atoms with Gasteiger partial charge in [-0.3, -0.25) is 0 Å². The fourth-order valence-electron chi connectivity index (χ4n) is 1.50. The van der Waals surface area contributed by atoms with Gasteiger partial charge in [-0.05, 0) is 31.2 Å². The molecule has 0 saturated heterocycles. The van der Waals surface area contributed by atoms with Gasteiger partial charge >= 0.3 is 0 Å². The first-order valence-electron chi connectivity index (χ1n) is 6.61. The molecule has 0 amide bonds. The highest BCUT2D eigenvalue weighted by molar-refractivity contribution is 8.00. The minimum Gasteiger partial charge on any atom is -0.494 e. The highest BCUT2D eigenvalue weighted by atomic mass is 32.2. The Labute approximate surface area is 126 Å². The number of rotatable bonds is 7. The van der Waals surface area contributed by atoms with E-state index in [0.717, 1.165) is 5.75 Å². The van der Waals surface area contributed by atoms with Gasteiger partial charge in [0.2, 0.25) is 10.0 Å². The third-order valence-electron chi connectivity index (χ3n) is 2.37. The largest absolute Gasteiger partial charge is 0.494 e. The first kappa shape index (κ1) is 17.3. The lowest BCUT2D eigenvalue weighted by Gasteiger charge is -2.17. The molecule has 1 N–H and O–H groups in total. The predicted molar refractivity (Wildman–Crippen MR) is 85.0 cm³/mol. The number of ether oxygens (including phenoxy) is 1. The standard InChI is InChI=1S/C14H23NO3S2/c1-5-18-12-6-8-13(9-7-12)20(16,17)15-10-11-19-14(2,3)4/h6-9,15H,5,10-11H2,1-4H3. The van der Waals surface area contributed by atoms with Crippen molar-refractivity contribution < 1.29 is 13.2 Å². The summed E-state index contributed by atoms with van der Waals surface area (Å²) in [4.78, 5) is 0.265. The number of hydrogen-bond acceptors (Lipinski definition) is 4. The molecule has 0 bridgehead atoms. The van der Waals surface area contributed by atoms with Crippen molar-refractivity contribution in [1.29, 1.82) is 0 Å². The highest BCUT2D eigenvalue weighted by Crippen LogP contribution is 2.22. The van der Waals surface area contributed by atoms with E-state index in [1.54, 1.807) is 36.0 Å². The number of nitrogens with one attached hydrogen (secondary N) is 1. The number of thioether (sulfide) groups is 1. The summed E-state index contributed by atoms with van der Waals surface area (Å²) < 4.78 is 32.2. The van der Waals surface area contributed by atoms with E-state index in [1.165, 1.54) is 0 Å². The fourth-order valence-corrected chi connectivity index (χ4v) is 3.48. The van der Waals surface area contributed by atoms with E-state index in [4.69, 9.17) is 4.74 Å². The van der Waals surface area contributed by atoms with Crippen molar-refractivity contribution in [3.63, 3.8) is 0 Å². The van der Waals surface area contributed by atoms with Crippen molar-refractivity contribution in [3.8, 4) is 5.75 Å². The number of benzene rings is 1. The smallest absolute Gasteiger partial charge is 0.240 e. The van der Waals surface area contributed by atoms with Gasteiger partial charge in [-0.15, -0.1) is 0 Å². The van der Waals surface area contributed by atoms with E-state index < -0.39 is 10.0 Å². The molecule has 0 aliphatic heterocycles. The maximum Gasteiger partial charge on any atom is 0.240 e. The van der Waals surface area contributed by atoms with Crippen molar-refractivity contribution >= 4 is 21.8 Å². The van der Waals surface area contributed by atoms with Gasteiger partial charge in [0, 0.05) is 17.0 Å². The number of sulfonamides is 1. The van der Waals surface area contributed by atoms with Crippen molar-refractivity contribution in [1.82, 2.24) is 4.72 Å². The average Bonchev–Trinajstić information content (AvgIpc) is 2.35. The normalized spacial score (nSPS) is 12.4. The van der Waals surface area contributed by atoms with Crippen LogP contribution in [0, 0.1) is 0 Å². The molecule has 0 spiro atoms. The Hall–Kier alpha value is -0.720. The molecule has 0 heterocycles. The van der Waals surface area contributed by atoms with Gasteiger partial charge in [0.25, 0.3) is 0 Å². The van der Waals surface area contributed by atoms with Crippen LogP contribution < -0.4 is 9.46 Å². The molecule has 0 radical (unpaired) electrons. The van der Waals surface area contributed by atoms with Crippen molar-refractivity contribution in [2.75, 3.05) is 18.9 Å². The van der Waals surface area contributed by atoms with Crippen LogP contribution in [0.2, 0.25) is 0 Å². The van der Waals surface area contributed by atoms with Crippen LogP contribution in [0.15, 0.2) is 29.2 Å². The first-order valence-corrected chi connectivity index (χ1v) is 9.08. The lowest BCUT2D eigenvalue weighted by Crippen LogP contribution is -2.27. The summed E-state index contributed by atoms with van der Waals surface area (Å²) in [6.45, 7) is 9.21. The molecule has 0 aliphatic rings. The average molecular weight is 317 g/mol. The minimum absolute atomic E-state index is 0.143. The van der Waals surface area contributed by atoms with E-state index in [-0.39, 0.29) is 9.64 Å². The molecule has 114 valence electrons. The lowest BCUT2D eigenvalue weighted by molar-refractivity contribution is 0.340. The van der Waals surface area contributed by atoms with Crippen molar-refractivity contribution in [3.05, 3.63) is 24.3 Å². The monoisotopic (exact) mass is 317 g/mol. The second kappa shape index (κ2) is 7.33. The molecule has 4 nitrogen and oxygen atoms in total. The van der Waals surface area contributed by atoms with Gasteiger partial charge in [0.15, 0.2) is 0 Å². The van der Waals surface area contributed by atoms with E-state index >= 15 is 0 Å². The Kier molecular flexibility index (Phi) is 6.36. The zero-order chi connectivity index (χ0) is 15.2. The van der Waals surface area contributed by atoms with Crippen LogP contribution in [0.25, 0.3) is 0 Å². The van der Waals surface area contributed by atoms with Gasteiger partial charge in [-0.2, -0.15) is 11.8 Å². The Balaban J connectivity index is 2.56. The topological polar surface area (TPSA) is 55.4 Å². The Morgan fingerprint density at radius 1 is 1.20 bits per heavy atom. The summed E-state index contributed by atoms with van der Waals surface area (Å²) in [7, 11) is -3.43. The third-order valence-corrected chi connectivity index (χ3v) is 5.13. The van der Waals surface area contributed by atoms with E-state index in [1.807, 2.05) is 6.92 Å². The van der Waals surface area contributed by atoms with Crippen LogP contribution in [-0.4, -0.2) is 32.1 Å². The van der Waals surface area contributed by atoms with E-state index in [0.29, 0.717) is 18.9 Å². The Morgan fingerprint density at radius 3 is 2.30 bits per heavy atom. The highest BCUT2D eigenvalue weighted by Gasteiger charge is 2.15. The molecule has 1 aromatic carbocycles. The molecular weight excluding hydrogens is 294 g/mol. The second-order valence-corrected chi connectivity index (χ2v) is 8.95. The van der Waals surface area contributed by atoms with Crippen LogP contribution in [-0.2, 0) is 10.0 Å². The van der Waals surface area contributed by atoms with Gasteiger partial charge in [0.1, 0.15) is 5.75 Å².